The maximum absolute atomic E-state index is 13.4. The van der Waals surface area contributed by atoms with Crippen molar-refractivity contribution in [3.8, 4) is 6.07 Å². The minimum absolute atomic E-state index is 0.560. The molecule has 3 aromatic rings. The van der Waals surface area contributed by atoms with E-state index in [0.717, 1.165) is 22.5 Å². The van der Waals surface area contributed by atoms with Gasteiger partial charge in [0.2, 0.25) is 5.41 Å². The summed E-state index contributed by atoms with van der Waals surface area (Å²) in [4.78, 5) is 15.4. The number of hydrogen-bond acceptors (Lipinski definition) is 4. The Balaban J connectivity index is 2.08. The summed E-state index contributed by atoms with van der Waals surface area (Å²) < 4.78 is 5.24. The third-order valence-corrected chi connectivity index (χ3v) is 5.68. The van der Waals surface area contributed by atoms with Crippen LogP contribution in [0.25, 0.3) is 5.57 Å². The highest BCUT2D eigenvalue weighted by Crippen LogP contribution is 2.58. The fraction of sp³-hybridized carbons (Fsp3) is 0.154. The molecule has 0 amide bonds. The van der Waals surface area contributed by atoms with Crippen LogP contribution in [-0.2, 0) is 9.53 Å². The summed E-state index contributed by atoms with van der Waals surface area (Å²) in [6.45, 7) is 1.97. The summed E-state index contributed by atoms with van der Waals surface area (Å²) in [6.07, 6.45) is 0. The van der Waals surface area contributed by atoms with Crippen LogP contribution in [0, 0.1) is 16.7 Å². The van der Waals surface area contributed by atoms with E-state index in [0.29, 0.717) is 5.57 Å². The van der Waals surface area contributed by atoms with Crippen molar-refractivity contribution in [2.75, 3.05) is 12.0 Å². The molecule has 0 aromatic heterocycles. The first kappa shape index (κ1) is 19.5. The molecule has 0 radical (unpaired) electrons. The average molecular weight is 394 g/mol. The van der Waals surface area contributed by atoms with Crippen molar-refractivity contribution in [3.63, 3.8) is 0 Å². The molecule has 0 bridgehead atoms. The van der Waals surface area contributed by atoms with E-state index in [1.165, 1.54) is 7.11 Å². The standard InChI is InChI=1S/C26H22N2O2/c1-19-23(20-12-6-3-7-13-20)26(18-27,25(29)30-2)24(21-14-8-4-9-15-21)28(19)22-16-10-5-11-17-22/h3-17,24H,1-2H3/t24-,26-/m0/s1. The van der Waals surface area contributed by atoms with E-state index >= 15 is 0 Å². The van der Waals surface area contributed by atoms with Crippen molar-refractivity contribution in [2.45, 2.75) is 13.0 Å². The Labute approximate surface area is 176 Å². The number of carbonyl (C=O) groups is 1. The molecule has 4 nitrogen and oxygen atoms in total. The van der Waals surface area contributed by atoms with Gasteiger partial charge in [0.1, 0.15) is 0 Å². The van der Waals surface area contributed by atoms with Crippen molar-refractivity contribution in [1.82, 2.24) is 0 Å². The van der Waals surface area contributed by atoms with E-state index in [1.54, 1.807) is 0 Å². The van der Waals surface area contributed by atoms with Crippen LogP contribution in [0.1, 0.15) is 24.1 Å². The van der Waals surface area contributed by atoms with Gasteiger partial charge in [-0.1, -0.05) is 78.9 Å². The quantitative estimate of drug-likeness (QED) is 0.559. The number of para-hydroxylation sites is 1. The lowest BCUT2D eigenvalue weighted by molar-refractivity contribution is -0.147. The molecule has 0 saturated heterocycles. The van der Waals surface area contributed by atoms with E-state index in [-0.39, 0.29) is 0 Å². The molecule has 0 saturated carbocycles. The first-order chi connectivity index (χ1) is 14.6. The highest BCUT2D eigenvalue weighted by Gasteiger charge is 2.59. The number of ether oxygens (including phenoxy) is 1. The Morgan fingerprint density at radius 2 is 1.47 bits per heavy atom. The molecular formula is C26H22N2O2. The number of carbonyl (C=O) groups excluding carboxylic acids is 1. The van der Waals surface area contributed by atoms with Crippen LogP contribution in [0.15, 0.2) is 96.7 Å². The summed E-state index contributed by atoms with van der Waals surface area (Å²) in [5.74, 6) is -0.560. The molecule has 0 spiro atoms. The lowest BCUT2D eigenvalue weighted by atomic mass is 9.72. The van der Waals surface area contributed by atoms with Crippen molar-refractivity contribution in [1.29, 1.82) is 5.26 Å². The maximum Gasteiger partial charge on any atom is 0.333 e. The molecule has 1 aliphatic rings. The number of hydrogen-bond donors (Lipinski definition) is 0. The van der Waals surface area contributed by atoms with E-state index < -0.39 is 17.4 Å². The van der Waals surface area contributed by atoms with Gasteiger partial charge >= 0.3 is 5.97 Å². The Bertz CT molecular complexity index is 1120. The van der Waals surface area contributed by atoms with Gasteiger partial charge in [0.25, 0.3) is 0 Å². The number of nitriles is 1. The molecular weight excluding hydrogens is 372 g/mol. The second-order valence-electron chi connectivity index (χ2n) is 7.26. The van der Waals surface area contributed by atoms with E-state index in [4.69, 9.17) is 4.74 Å². The summed E-state index contributed by atoms with van der Waals surface area (Å²) in [5, 5.41) is 10.6. The predicted molar refractivity (Wildman–Crippen MR) is 117 cm³/mol. The largest absolute Gasteiger partial charge is 0.468 e. The monoisotopic (exact) mass is 394 g/mol. The molecule has 0 aliphatic carbocycles. The third kappa shape index (κ3) is 2.87. The lowest BCUT2D eigenvalue weighted by Gasteiger charge is -2.35. The van der Waals surface area contributed by atoms with Crippen molar-refractivity contribution < 1.29 is 9.53 Å². The molecule has 1 aliphatic heterocycles. The summed E-state index contributed by atoms with van der Waals surface area (Å²) in [7, 11) is 1.34. The van der Waals surface area contributed by atoms with Gasteiger partial charge in [0.05, 0.1) is 19.2 Å². The summed E-state index contributed by atoms with van der Waals surface area (Å²) >= 11 is 0. The number of benzene rings is 3. The molecule has 4 rings (SSSR count). The Kier molecular flexibility index (Phi) is 5.12. The number of rotatable bonds is 4. The Morgan fingerprint density at radius 1 is 0.933 bits per heavy atom. The summed E-state index contributed by atoms with van der Waals surface area (Å²) in [6, 6.07) is 31.0. The zero-order valence-electron chi connectivity index (χ0n) is 16.9. The second-order valence-corrected chi connectivity index (χ2v) is 7.26. The van der Waals surface area contributed by atoms with Gasteiger partial charge in [-0.05, 0) is 30.2 Å². The van der Waals surface area contributed by atoms with Crippen LogP contribution in [0.3, 0.4) is 0 Å². The van der Waals surface area contributed by atoms with Gasteiger partial charge in [-0.15, -0.1) is 0 Å². The van der Waals surface area contributed by atoms with Crippen LogP contribution >= 0.6 is 0 Å². The van der Waals surface area contributed by atoms with E-state index in [9.17, 15) is 10.1 Å². The first-order valence-corrected chi connectivity index (χ1v) is 9.80. The number of methoxy groups -OCH3 is 1. The highest BCUT2D eigenvalue weighted by molar-refractivity contribution is 6.02. The molecule has 1 heterocycles. The van der Waals surface area contributed by atoms with Crippen LogP contribution in [0.2, 0.25) is 0 Å². The lowest BCUT2D eigenvalue weighted by Crippen LogP contribution is -2.40. The maximum atomic E-state index is 13.4. The summed E-state index contributed by atoms with van der Waals surface area (Å²) in [5.41, 5.74) is 2.64. The first-order valence-electron chi connectivity index (χ1n) is 9.80. The van der Waals surface area contributed by atoms with Gasteiger partial charge < -0.3 is 9.64 Å². The number of allylic oxidation sites excluding steroid dienone is 1. The fourth-order valence-corrected chi connectivity index (χ4v) is 4.47. The van der Waals surface area contributed by atoms with Crippen molar-refractivity contribution in [2.24, 2.45) is 5.41 Å². The minimum atomic E-state index is -1.52. The normalized spacial score (nSPS) is 20.7. The van der Waals surface area contributed by atoms with Gasteiger partial charge in [0.15, 0.2) is 0 Å². The SMILES string of the molecule is COC(=O)[C@@]1(C#N)C(c2ccccc2)=C(C)N(c2ccccc2)[C@H]1c1ccccc1. The minimum Gasteiger partial charge on any atom is -0.468 e. The number of anilines is 1. The highest BCUT2D eigenvalue weighted by atomic mass is 16.5. The molecule has 4 heteroatoms. The van der Waals surface area contributed by atoms with Crippen LogP contribution in [0.4, 0.5) is 5.69 Å². The van der Waals surface area contributed by atoms with Crippen LogP contribution < -0.4 is 4.90 Å². The zero-order chi connectivity index (χ0) is 21.1. The van der Waals surface area contributed by atoms with Gasteiger partial charge in [0, 0.05) is 17.0 Å². The van der Waals surface area contributed by atoms with Crippen LogP contribution in [0.5, 0.6) is 0 Å². The third-order valence-electron chi connectivity index (χ3n) is 5.68. The zero-order valence-corrected chi connectivity index (χ0v) is 16.9. The van der Waals surface area contributed by atoms with Crippen LogP contribution in [-0.4, -0.2) is 13.1 Å². The topological polar surface area (TPSA) is 53.3 Å². The molecule has 3 aromatic carbocycles. The predicted octanol–water partition coefficient (Wildman–Crippen LogP) is 5.36. The van der Waals surface area contributed by atoms with E-state index in [2.05, 4.69) is 11.0 Å². The van der Waals surface area contributed by atoms with Gasteiger partial charge in [-0.3, -0.25) is 0 Å². The average Bonchev–Trinajstić information content (AvgIpc) is 3.09. The molecule has 2 atom stereocenters. The molecule has 0 N–H and O–H groups in total. The molecule has 30 heavy (non-hydrogen) atoms. The fourth-order valence-electron chi connectivity index (χ4n) is 4.47. The van der Waals surface area contributed by atoms with Crippen molar-refractivity contribution in [3.05, 3.63) is 108 Å². The van der Waals surface area contributed by atoms with E-state index in [1.807, 2.05) is 97.9 Å². The Hall–Kier alpha value is -3.84. The molecule has 148 valence electrons. The molecule has 0 fully saturated rings. The molecule has 0 unspecified atom stereocenters. The van der Waals surface area contributed by atoms with Crippen molar-refractivity contribution >= 4 is 17.2 Å². The second kappa shape index (κ2) is 7.88. The van der Waals surface area contributed by atoms with Gasteiger partial charge in [-0.2, -0.15) is 5.26 Å². The number of nitrogens with zero attached hydrogens (tertiary/aromatic N) is 2. The van der Waals surface area contributed by atoms with Gasteiger partial charge in [-0.25, -0.2) is 4.79 Å². The number of esters is 1. The smallest absolute Gasteiger partial charge is 0.333 e. The Morgan fingerprint density at radius 3 is 2.00 bits per heavy atom.